The topological polar surface area (TPSA) is 70.0 Å². The number of aromatic hydroxyl groups is 1. The van der Waals surface area contributed by atoms with Gasteiger partial charge in [0.25, 0.3) is 0 Å². The van der Waals surface area contributed by atoms with Crippen molar-refractivity contribution in [1.82, 2.24) is 4.90 Å². The standard InChI is InChI=1S/C15H21NO4/c1-2-20-13-8-5-6-11(14(13)17)10-16-9-4-3-7-12(16)15(18)19/h5-6,8,12,17H,2-4,7,9-10H2,1H3,(H,18,19). The number of para-hydroxylation sites is 1. The minimum absolute atomic E-state index is 0.115. The number of phenols is 1. The molecular weight excluding hydrogens is 258 g/mol. The predicted molar refractivity (Wildman–Crippen MR) is 75.0 cm³/mol. The number of rotatable bonds is 5. The van der Waals surface area contributed by atoms with Gasteiger partial charge in [-0.2, -0.15) is 0 Å². The number of hydrogen-bond acceptors (Lipinski definition) is 4. The lowest BCUT2D eigenvalue weighted by Gasteiger charge is -2.33. The Kier molecular flexibility index (Phi) is 4.84. The molecule has 20 heavy (non-hydrogen) atoms. The summed E-state index contributed by atoms with van der Waals surface area (Å²) in [7, 11) is 0. The second-order valence-corrected chi connectivity index (χ2v) is 5.02. The molecule has 0 aromatic heterocycles. The first-order valence-electron chi connectivity index (χ1n) is 7.04. The maximum atomic E-state index is 11.3. The van der Waals surface area contributed by atoms with Crippen molar-refractivity contribution in [2.24, 2.45) is 0 Å². The summed E-state index contributed by atoms with van der Waals surface area (Å²) in [5, 5.41) is 19.4. The molecule has 1 atom stereocenters. The van der Waals surface area contributed by atoms with Crippen LogP contribution in [-0.2, 0) is 11.3 Å². The number of carboxylic acids is 1. The van der Waals surface area contributed by atoms with Gasteiger partial charge in [0.15, 0.2) is 11.5 Å². The number of ether oxygens (including phenoxy) is 1. The Morgan fingerprint density at radius 1 is 1.45 bits per heavy atom. The Bertz CT molecular complexity index is 475. The molecule has 0 spiro atoms. The molecule has 0 bridgehead atoms. The number of likely N-dealkylation sites (tertiary alicyclic amines) is 1. The van der Waals surface area contributed by atoms with Crippen LogP contribution in [0.25, 0.3) is 0 Å². The molecule has 5 heteroatoms. The number of hydrogen-bond donors (Lipinski definition) is 2. The SMILES string of the molecule is CCOc1cccc(CN2CCCCC2C(=O)O)c1O. The molecule has 1 aromatic carbocycles. The molecule has 1 heterocycles. The summed E-state index contributed by atoms with van der Waals surface area (Å²) in [4.78, 5) is 13.2. The monoisotopic (exact) mass is 279 g/mol. The molecule has 1 unspecified atom stereocenters. The molecule has 1 aliphatic heterocycles. The van der Waals surface area contributed by atoms with Crippen LogP contribution in [0.3, 0.4) is 0 Å². The molecule has 2 rings (SSSR count). The van der Waals surface area contributed by atoms with E-state index in [4.69, 9.17) is 4.74 Å². The summed E-state index contributed by atoms with van der Waals surface area (Å²) >= 11 is 0. The summed E-state index contributed by atoms with van der Waals surface area (Å²) in [6, 6.07) is 4.89. The molecular formula is C15H21NO4. The van der Waals surface area contributed by atoms with Crippen molar-refractivity contribution in [3.8, 4) is 11.5 Å². The maximum Gasteiger partial charge on any atom is 0.320 e. The van der Waals surface area contributed by atoms with E-state index >= 15 is 0 Å². The van der Waals surface area contributed by atoms with Crippen molar-refractivity contribution in [3.63, 3.8) is 0 Å². The average Bonchev–Trinajstić information content (AvgIpc) is 2.44. The highest BCUT2D eigenvalue weighted by atomic mass is 16.5. The van der Waals surface area contributed by atoms with E-state index in [1.807, 2.05) is 24.0 Å². The van der Waals surface area contributed by atoms with E-state index in [-0.39, 0.29) is 5.75 Å². The largest absolute Gasteiger partial charge is 0.504 e. The summed E-state index contributed by atoms with van der Waals surface area (Å²) in [6.07, 6.45) is 2.61. The van der Waals surface area contributed by atoms with Crippen LogP contribution in [0.1, 0.15) is 31.7 Å². The Morgan fingerprint density at radius 3 is 2.95 bits per heavy atom. The third kappa shape index (κ3) is 3.22. The van der Waals surface area contributed by atoms with Crippen LogP contribution < -0.4 is 4.74 Å². The van der Waals surface area contributed by atoms with E-state index in [9.17, 15) is 15.0 Å². The zero-order valence-corrected chi connectivity index (χ0v) is 11.7. The number of phenolic OH excluding ortho intramolecular Hbond substituents is 1. The van der Waals surface area contributed by atoms with E-state index in [0.717, 1.165) is 19.4 Å². The molecule has 5 nitrogen and oxygen atoms in total. The Morgan fingerprint density at radius 2 is 2.25 bits per heavy atom. The van der Waals surface area contributed by atoms with Crippen LogP contribution in [0.15, 0.2) is 18.2 Å². The van der Waals surface area contributed by atoms with Crippen molar-refractivity contribution in [1.29, 1.82) is 0 Å². The molecule has 1 aliphatic rings. The summed E-state index contributed by atoms with van der Waals surface area (Å²) in [6.45, 7) is 3.52. The zero-order valence-electron chi connectivity index (χ0n) is 11.7. The molecule has 0 radical (unpaired) electrons. The smallest absolute Gasteiger partial charge is 0.320 e. The van der Waals surface area contributed by atoms with Gasteiger partial charge in [-0.3, -0.25) is 9.69 Å². The summed E-state index contributed by atoms with van der Waals surface area (Å²) in [5.41, 5.74) is 0.712. The molecule has 0 saturated carbocycles. The number of benzene rings is 1. The van der Waals surface area contributed by atoms with Gasteiger partial charge in [0.2, 0.25) is 0 Å². The van der Waals surface area contributed by atoms with Crippen molar-refractivity contribution >= 4 is 5.97 Å². The van der Waals surface area contributed by atoms with E-state index in [2.05, 4.69) is 0 Å². The minimum Gasteiger partial charge on any atom is -0.504 e. The minimum atomic E-state index is -0.787. The van der Waals surface area contributed by atoms with Crippen LogP contribution in [0.4, 0.5) is 0 Å². The van der Waals surface area contributed by atoms with Gasteiger partial charge in [-0.05, 0) is 32.4 Å². The van der Waals surface area contributed by atoms with Crippen LogP contribution >= 0.6 is 0 Å². The third-order valence-corrected chi connectivity index (χ3v) is 3.65. The number of carboxylic acid groups (broad SMARTS) is 1. The number of nitrogens with zero attached hydrogens (tertiary/aromatic N) is 1. The molecule has 1 aromatic rings. The molecule has 2 N–H and O–H groups in total. The van der Waals surface area contributed by atoms with Gasteiger partial charge in [0, 0.05) is 12.1 Å². The normalized spacial score (nSPS) is 19.8. The summed E-state index contributed by atoms with van der Waals surface area (Å²) in [5.74, 6) is -0.219. The molecule has 1 saturated heterocycles. The lowest BCUT2D eigenvalue weighted by molar-refractivity contribution is -0.144. The number of aliphatic carboxylic acids is 1. The highest BCUT2D eigenvalue weighted by Gasteiger charge is 2.29. The van der Waals surface area contributed by atoms with Gasteiger partial charge in [-0.25, -0.2) is 0 Å². The molecule has 1 fully saturated rings. The third-order valence-electron chi connectivity index (χ3n) is 3.65. The molecule has 110 valence electrons. The van der Waals surface area contributed by atoms with E-state index in [1.54, 1.807) is 6.07 Å². The van der Waals surface area contributed by atoms with E-state index < -0.39 is 12.0 Å². The lowest BCUT2D eigenvalue weighted by Crippen LogP contribution is -2.44. The van der Waals surface area contributed by atoms with E-state index in [1.165, 1.54) is 0 Å². The first-order valence-corrected chi connectivity index (χ1v) is 7.04. The second-order valence-electron chi connectivity index (χ2n) is 5.02. The van der Waals surface area contributed by atoms with Gasteiger partial charge in [-0.15, -0.1) is 0 Å². The van der Waals surface area contributed by atoms with Gasteiger partial charge >= 0.3 is 5.97 Å². The Hall–Kier alpha value is -1.75. The van der Waals surface area contributed by atoms with Crippen molar-refractivity contribution in [3.05, 3.63) is 23.8 Å². The fraction of sp³-hybridized carbons (Fsp3) is 0.533. The predicted octanol–water partition coefficient (Wildman–Crippen LogP) is 2.23. The van der Waals surface area contributed by atoms with Gasteiger partial charge in [-0.1, -0.05) is 18.6 Å². The fourth-order valence-electron chi connectivity index (χ4n) is 2.65. The van der Waals surface area contributed by atoms with Gasteiger partial charge in [0.05, 0.1) is 6.61 Å². The molecule has 0 aliphatic carbocycles. The fourth-order valence-corrected chi connectivity index (χ4v) is 2.65. The van der Waals surface area contributed by atoms with Crippen LogP contribution in [-0.4, -0.2) is 40.3 Å². The van der Waals surface area contributed by atoms with Crippen molar-refractivity contribution in [2.45, 2.75) is 38.8 Å². The van der Waals surface area contributed by atoms with Crippen LogP contribution in [0, 0.1) is 0 Å². The Balaban J connectivity index is 2.16. The Labute approximate surface area is 118 Å². The maximum absolute atomic E-state index is 11.3. The van der Waals surface area contributed by atoms with E-state index in [0.29, 0.717) is 30.9 Å². The van der Waals surface area contributed by atoms with Gasteiger partial charge < -0.3 is 14.9 Å². The van der Waals surface area contributed by atoms with Crippen LogP contribution in [0.5, 0.6) is 11.5 Å². The van der Waals surface area contributed by atoms with Crippen LogP contribution in [0.2, 0.25) is 0 Å². The molecule has 0 amide bonds. The zero-order chi connectivity index (χ0) is 14.5. The average molecular weight is 279 g/mol. The highest BCUT2D eigenvalue weighted by Crippen LogP contribution is 2.32. The quantitative estimate of drug-likeness (QED) is 0.865. The lowest BCUT2D eigenvalue weighted by atomic mass is 10.0. The van der Waals surface area contributed by atoms with Gasteiger partial charge in [0.1, 0.15) is 6.04 Å². The van der Waals surface area contributed by atoms with Crippen molar-refractivity contribution in [2.75, 3.05) is 13.2 Å². The van der Waals surface area contributed by atoms with Crippen molar-refractivity contribution < 1.29 is 19.7 Å². The highest BCUT2D eigenvalue weighted by molar-refractivity contribution is 5.73. The number of carbonyl (C=O) groups is 1. The first-order chi connectivity index (χ1) is 9.63. The second kappa shape index (κ2) is 6.61. The number of piperidine rings is 1. The first kappa shape index (κ1) is 14.7. The summed E-state index contributed by atoms with van der Waals surface area (Å²) < 4.78 is 5.36.